The van der Waals surface area contributed by atoms with Crippen molar-refractivity contribution in [2.24, 2.45) is 0 Å². The molecule has 0 aliphatic carbocycles. The zero-order chi connectivity index (χ0) is 21.8. The molecule has 164 valence electrons. The summed E-state index contributed by atoms with van der Waals surface area (Å²) in [5, 5.41) is 20.9. The van der Waals surface area contributed by atoms with Gasteiger partial charge >= 0.3 is 5.97 Å². The lowest BCUT2D eigenvalue weighted by atomic mass is 10.0. The zero-order valence-electron chi connectivity index (χ0n) is 17.1. The Morgan fingerprint density at radius 3 is 2.55 bits per heavy atom. The summed E-state index contributed by atoms with van der Waals surface area (Å²) in [7, 11) is 0. The minimum absolute atomic E-state index is 0.0453. The average molecular weight is 444 g/mol. The molecule has 0 spiro atoms. The number of rotatable bonds is 8. The fraction of sp³-hybridized carbons (Fsp3) is 0.348. The second kappa shape index (κ2) is 9.70. The summed E-state index contributed by atoms with van der Waals surface area (Å²) in [5.74, 6) is -0.0654. The van der Waals surface area contributed by atoms with Crippen molar-refractivity contribution < 1.29 is 19.7 Å². The van der Waals surface area contributed by atoms with Crippen LogP contribution in [0.2, 0.25) is 5.02 Å². The number of nitrogens with one attached hydrogen (secondary N) is 1. The number of carboxylic acid groups (broad SMARTS) is 1. The summed E-state index contributed by atoms with van der Waals surface area (Å²) in [6, 6.07) is 12.2. The van der Waals surface area contributed by atoms with Crippen LogP contribution in [0.3, 0.4) is 0 Å². The molecule has 1 fully saturated rings. The molecule has 1 aromatic heterocycles. The summed E-state index contributed by atoms with van der Waals surface area (Å²) in [5.41, 5.74) is 2.39. The molecule has 0 bridgehead atoms. The lowest BCUT2D eigenvalue weighted by Gasteiger charge is -2.37. The largest absolute Gasteiger partial charge is 0.492 e. The molecule has 3 aromatic rings. The third-order valence-electron chi connectivity index (χ3n) is 5.75. The van der Waals surface area contributed by atoms with Crippen LogP contribution in [-0.2, 0) is 11.4 Å². The van der Waals surface area contributed by atoms with Gasteiger partial charge in [0.25, 0.3) is 0 Å². The van der Waals surface area contributed by atoms with Crippen LogP contribution < -0.4 is 4.74 Å². The number of fused-ring (bicyclic) bond motifs is 1. The molecular formula is C23H26ClN3O4. The van der Waals surface area contributed by atoms with Crippen LogP contribution in [0.5, 0.6) is 5.75 Å². The van der Waals surface area contributed by atoms with E-state index < -0.39 is 12.0 Å². The monoisotopic (exact) mass is 443 g/mol. The number of aliphatic hydroxyl groups is 1. The Labute approximate surface area is 185 Å². The number of hydrogen-bond donors (Lipinski definition) is 3. The van der Waals surface area contributed by atoms with Gasteiger partial charge in [-0.2, -0.15) is 0 Å². The minimum Gasteiger partial charge on any atom is -0.492 e. The Morgan fingerprint density at radius 2 is 1.87 bits per heavy atom. The van der Waals surface area contributed by atoms with Gasteiger partial charge < -0.3 is 19.9 Å². The van der Waals surface area contributed by atoms with E-state index in [4.69, 9.17) is 16.3 Å². The Hall–Kier alpha value is -2.58. The van der Waals surface area contributed by atoms with E-state index in [2.05, 4.69) is 9.88 Å². The van der Waals surface area contributed by atoms with Gasteiger partial charge in [0, 0.05) is 60.4 Å². The Morgan fingerprint density at radius 1 is 1.13 bits per heavy atom. The molecule has 1 aliphatic heterocycles. The molecule has 0 amide bonds. The first-order chi connectivity index (χ1) is 15.0. The highest BCUT2D eigenvalue weighted by molar-refractivity contribution is 6.30. The van der Waals surface area contributed by atoms with Gasteiger partial charge in [0.15, 0.2) is 0 Å². The Balaban J connectivity index is 1.36. The van der Waals surface area contributed by atoms with E-state index in [1.807, 2.05) is 35.2 Å². The van der Waals surface area contributed by atoms with Gasteiger partial charge in [0.1, 0.15) is 18.4 Å². The van der Waals surface area contributed by atoms with E-state index in [9.17, 15) is 15.0 Å². The highest BCUT2D eigenvalue weighted by atomic mass is 35.5. The number of halogens is 1. The fourth-order valence-corrected chi connectivity index (χ4v) is 4.20. The van der Waals surface area contributed by atoms with Gasteiger partial charge in [-0.05, 0) is 35.9 Å². The standard InChI is InChI=1S/C23H26ClN3O4/c24-17-2-4-18(5-3-17)31-12-11-26-7-9-27(10-8-26)22(23(29)30)20-14-25-21-13-16(15-28)1-6-19(20)21/h1-6,13-14,22,25,28H,7-12,15H2,(H,29,30)/t22-/m1/s1. The molecule has 7 nitrogen and oxygen atoms in total. The molecule has 2 heterocycles. The second-order valence-corrected chi connectivity index (χ2v) is 8.14. The molecule has 0 radical (unpaired) electrons. The van der Waals surface area contributed by atoms with Gasteiger partial charge in [-0.25, -0.2) is 0 Å². The number of carbonyl (C=O) groups is 1. The smallest absolute Gasteiger partial charge is 0.325 e. The van der Waals surface area contributed by atoms with Crippen molar-refractivity contribution in [2.75, 3.05) is 39.3 Å². The number of ether oxygens (including phenoxy) is 1. The number of aromatic nitrogens is 1. The predicted octanol–water partition coefficient (Wildman–Crippen LogP) is 3.14. The van der Waals surface area contributed by atoms with Crippen LogP contribution >= 0.6 is 11.6 Å². The van der Waals surface area contributed by atoms with Crippen LogP contribution in [0.15, 0.2) is 48.7 Å². The molecule has 1 atom stereocenters. The van der Waals surface area contributed by atoms with Gasteiger partial charge in [-0.1, -0.05) is 23.7 Å². The number of hydrogen-bond acceptors (Lipinski definition) is 5. The van der Waals surface area contributed by atoms with E-state index in [1.54, 1.807) is 18.3 Å². The van der Waals surface area contributed by atoms with Crippen LogP contribution in [0.1, 0.15) is 17.2 Å². The highest BCUT2D eigenvalue weighted by Gasteiger charge is 2.32. The number of aliphatic carboxylic acids is 1. The van der Waals surface area contributed by atoms with E-state index >= 15 is 0 Å². The third-order valence-corrected chi connectivity index (χ3v) is 6.00. The fourth-order valence-electron chi connectivity index (χ4n) is 4.07. The van der Waals surface area contributed by atoms with Crippen molar-refractivity contribution in [3.63, 3.8) is 0 Å². The molecule has 1 aliphatic rings. The number of benzene rings is 2. The highest BCUT2D eigenvalue weighted by Crippen LogP contribution is 2.30. The molecule has 8 heteroatoms. The molecule has 1 saturated heterocycles. The van der Waals surface area contributed by atoms with Crippen LogP contribution in [0.4, 0.5) is 0 Å². The maximum absolute atomic E-state index is 12.2. The summed E-state index contributed by atoms with van der Waals surface area (Å²) in [6.07, 6.45) is 1.77. The van der Waals surface area contributed by atoms with E-state index in [0.717, 1.165) is 47.4 Å². The summed E-state index contributed by atoms with van der Waals surface area (Å²) in [6.45, 7) is 4.20. The van der Waals surface area contributed by atoms with Crippen LogP contribution in [0.25, 0.3) is 10.9 Å². The lowest BCUT2D eigenvalue weighted by Crippen LogP contribution is -2.50. The summed E-state index contributed by atoms with van der Waals surface area (Å²) < 4.78 is 5.77. The second-order valence-electron chi connectivity index (χ2n) is 7.70. The third kappa shape index (κ3) is 5.02. The van der Waals surface area contributed by atoms with Crippen molar-refractivity contribution in [1.29, 1.82) is 0 Å². The quantitative estimate of drug-likeness (QED) is 0.495. The first-order valence-electron chi connectivity index (χ1n) is 10.3. The number of piperazine rings is 1. The first kappa shape index (κ1) is 21.6. The van der Waals surface area contributed by atoms with Crippen molar-refractivity contribution in [3.8, 4) is 5.75 Å². The van der Waals surface area contributed by atoms with Gasteiger partial charge in [-0.15, -0.1) is 0 Å². The van der Waals surface area contributed by atoms with E-state index in [1.165, 1.54) is 0 Å². The SMILES string of the molecule is O=C(O)[C@@H](c1c[nH]c2cc(CO)ccc12)N1CCN(CCOc2ccc(Cl)cc2)CC1. The number of aromatic amines is 1. The van der Waals surface area contributed by atoms with Gasteiger partial charge in [0.2, 0.25) is 0 Å². The molecule has 2 aromatic carbocycles. The van der Waals surface area contributed by atoms with Crippen molar-refractivity contribution in [3.05, 3.63) is 64.8 Å². The maximum Gasteiger partial charge on any atom is 0.325 e. The van der Waals surface area contributed by atoms with Crippen LogP contribution in [0, 0.1) is 0 Å². The Bertz CT molecular complexity index is 1030. The maximum atomic E-state index is 12.2. The molecule has 0 saturated carbocycles. The topological polar surface area (TPSA) is 89.0 Å². The van der Waals surface area contributed by atoms with Crippen molar-refractivity contribution in [2.45, 2.75) is 12.6 Å². The molecule has 31 heavy (non-hydrogen) atoms. The van der Waals surface area contributed by atoms with Crippen molar-refractivity contribution in [1.82, 2.24) is 14.8 Å². The van der Waals surface area contributed by atoms with E-state index in [0.29, 0.717) is 24.7 Å². The summed E-state index contributed by atoms with van der Waals surface area (Å²) >= 11 is 5.89. The number of nitrogens with zero attached hydrogens (tertiary/aromatic N) is 2. The zero-order valence-corrected chi connectivity index (χ0v) is 17.9. The molecule has 4 rings (SSSR count). The number of H-pyrrole nitrogens is 1. The molecule has 0 unspecified atom stereocenters. The first-order valence-corrected chi connectivity index (χ1v) is 10.7. The number of carboxylic acids is 1. The lowest BCUT2D eigenvalue weighted by molar-refractivity contribution is -0.144. The normalized spacial score (nSPS) is 16.5. The van der Waals surface area contributed by atoms with E-state index in [-0.39, 0.29) is 6.61 Å². The predicted molar refractivity (Wildman–Crippen MR) is 120 cm³/mol. The van der Waals surface area contributed by atoms with Gasteiger partial charge in [-0.3, -0.25) is 14.6 Å². The molecule has 3 N–H and O–H groups in total. The van der Waals surface area contributed by atoms with Crippen LogP contribution in [-0.4, -0.2) is 70.3 Å². The van der Waals surface area contributed by atoms with Gasteiger partial charge in [0.05, 0.1) is 6.61 Å². The summed E-state index contributed by atoms with van der Waals surface area (Å²) in [4.78, 5) is 19.6. The Kier molecular flexibility index (Phi) is 6.77. The minimum atomic E-state index is -0.855. The van der Waals surface area contributed by atoms with Crippen molar-refractivity contribution >= 4 is 28.5 Å². The number of aliphatic hydroxyl groups excluding tert-OH is 1. The average Bonchev–Trinajstić information content (AvgIpc) is 3.19. The molecular weight excluding hydrogens is 418 g/mol.